The minimum Gasteiger partial charge on any atom is -0.492 e. The average Bonchev–Trinajstić information content (AvgIpc) is 3.21. The van der Waals surface area contributed by atoms with E-state index in [4.69, 9.17) is 16.3 Å². The van der Waals surface area contributed by atoms with Crippen molar-refractivity contribution in [2.24, 2.45) is 0 Å². The predicted molar refractivity (Wildman–Crippen MR) is 144 cm³/mol. The first kappa shape index (κ1) is 25.3. The van der Waals surface area contributed by atoms with Crippen molar-refractivity contribution in [3.05, 3.63) is 81.1 Å². The van der Waals surface area contributed by atoms with Crippen molar-refractivity contribution in [1.29, 1.82) is 5.26 Å². The van der Waals surface area contributed by atoms with Gasteiger partial charge >= 0.3 is 0 Å². The van der Waals surface area contributed by atoms with E-state index in [1.54, 1.807) is 11.3 Å². The number of piperazine rings is 1. The fourth-order valence-corrected chi connectivity index (χ4v) is 5.23. The summed E-state index contributed by atoms with van der Waals surface area (Å²) in [5, 5.41) is 21.6. The van der Waals surface area contributed by atoms with Gasteiger partial charge in [-0.2, -0.15) is 5.26 Å². The summed E-state index contributed by atoms with van der Waals surface area (Å²) < 4.78 is 9.31. The molecule has 4 aromatic rings. The summed E-state index contributed by atoms with van der Waals surface area (Å²) in [6.07, 6.45) is -0.651. The zero-order valence-electron chi connectivity index (χ0n) is 20.8. The van der Waals surface area contributed by atoms with E-state index < -0.39 is 6.10 Å². The molecule has 1 N–H and O–H groups in total. The van der Waals surface area contributed by atoms with Crippen molar-refractivity contribution in [2.75, 3.05) is 45.9 Å². The molecule has 1 aliphatic rings. The van der Waals surface area contributed by atoms with Gasteiger partial charge in [0.1, 0.15) is 24.1 Å². The van der Waals surface area contributed by atoms with Gasteiger partial charge in [0.25, 0.3) is 5.56 Å². The quantitative estimate of drug-likeness (QED) is 0.385. The molecule has 5 rings (SSSR count). The smallest absolute Gasteiger partial charge is 0.257 e. The topological polar surface area (TPSA) is 86.1 Å². The Morgan fingerprint density at radius 3 is 2.41 bits per heavy atom. The van der Waals surface area contributed by atoms with E-state index in [1.807, 2.05) is 53.1 Å². The molecule has 1 aliphatic heterocycles. The average molecular weight is 520 g/mol. The lowest BCUT2D eigenvalue weighted by molar-refractivity contribution is 0.0613. The lowest BCUT2D eigenvalue weighted by Gasteiger charge is -2.35. The number of para-hydroxylation sites is 2. The van der Waals surface area contributed by atoms with Gasteiger partial charge in [0, 0.05) is 50.4 Å². The number of aliphatic hydroxyl groups excluding tert-OH is 1. The molecule has 9 heteroatoms. The number of β-amino-alcohol motifs (C(OH)–C–C–N with tert-alkyl or cyclic N) is 1. The number of nitrogens with zero attached hydrogens (tertiary/aromatic N) is 5. The monoisotopic (exact) mass is 519 g/mol. The molecular formula is C28H30ClN5O3. The molecule has 1 saturated heterocycles. The van der Waals surface area contributed by atoms with Gasteiger partial charge in [0.15, 0.2) is 0 Å². The number of nitriles is 1. The van der Waals surface area contributed by atoms with Gasteiger partial charge in [-0.3, -0.25) is 19.0 Å². The number of hydrogen-bond acceptors (Lipinski definition) is 6. The van der Waals surface area contributed by atoms with Gasteiger partial charge in [-0.1, -0.05) is 23.7 Å². The standard InChI is InChI=1S/C28H30ClN5O3/c1-20-16-27(36)34-26-5-3-2-4-25(26)33(28(34)24(20)17-30)19-22(35)18-32-12-10-31(11-13-32)14-15-37-23-8-6-21(29)7-9-23/h2-9,16,22,35H,10-15,18-19H2,1H3. The second-order valence-electron chi connectivity index (χ2n) is 9.51. The van der Waals surface area contributed by atoms with E-state index >= 15 is 0 Å². The number of imidazole rings is 1. The molecule has 0 amide bonds. The Morgan fingerprint density at radius 2 is 1.70 bits per heavy atom. The summed E-state index contributed by atoms with van der Waals surface area (Å²) in [6.45, 7) is 7.55. The fourth-order valence-electron chi connectivity index (χ4n) is 5.11. The number of aromatic nitrogens is 2. The molecule has 0 saturated carbocycles. The van der Waals surface area contributed by atoms with Crippen LogP contribution in [0.2, 0.25) is 5.02 Å². The molecule has 192 valence electrons. The van der Waals surface area contributed by atoms with Crippen LogP contribution in [0.25, 0.3) is 16.7 Å². The summed E-state index contributed by atoms with van der Waals surface area (Å²) in [5.74, 6) is 0.813. The highest BCUT2D eigenvalue weighted by molar-refractivity contribution is 6.30. The summed E-state index contributed by atoms with van der Waals surface area (Å²) in [7, 11) is 0. The normalized spacial score (nSPS) is 15.7. The van der Waals surface area contributed by atoms with E-state index in [0.717, 1.165) is 49.5 Å². The van der Waals surface area contributed by atoms with Crippen LogP contribution >= 0.6 is 11.6 Å². The second-order valence-corrected chi connectivity index (χ2v) is 9.95. The van der Waals surface area contributed by atoms with Gasteiger partial charge < -0.3 is 14.4 Å². The number of ether oxygens (including phenoxy) is 1. The van der Waals surface area contributed by atoms with Gasteiger partial charge in [0.2, 0.25) is 0 Å². The van der Waals surface area contributed by atoms with E-state index in [9.17, 15) is 15.2 Å². The minimum atomic E-state index is -0.651. The predicted octanol–water partition coefficient (Wildman–Crippen LogP) is 3.15. The highest BCUT2D eigenvalue weighted by Gasteiger charge is 2.22. The van der Waals surface area contributed by atoms with Crippen LogP contribution in [-0.4, -0.2) is 75.9 Å². The summed E-state index contributed by atoms with van der Waals surface area (Å²) in [5.41, 5.74) is 3.02. The van der Waals surface area contributed by atoms with Crippen LogP contribution in [0.1, 0.15) is 11.1 Å². The molecule has 0 radical (unpaired) electrons. The van der Waals surface area contributed by atoms with E-state index in [-0.39, 0.29) is 5.56 Å². The highest BCUT2D eigenvalue weighted by atomic mass is 35.5. The molecule has 0 aliphatic carbocycles. The molecular weight excluding hydrogens is 490 g/mol. The van der Waals surface area contributed by atoms with Crippen LogP contribution in [0.5, 0.6) is 5.75 Å². The molecule has 1 fully saturated rings. The molecule has 37 heavy (non-hydrogen) atoms. The Morgan fingerprint density at radius 1 is 1.03 bits per heavy atom. The third-order valence-electron chi connectivity index (χ3n) is 6.99. The maximum Gasteiger partial charge on any atom is 0.257 e. The van der Waals surface area contributed by atoms with Crippen LogP contribution in [0.15, 0.2) is 59.4 Å². The first-order valence-corrected chi connectivity index (χ1v) is 12.9. The van der Waals surface area contributed by atoms with E-state index in [2.05, 4.69) is 15.9 Å². The van der Waals surface area contributed by atoms with Crippen LogP contribution < -0.4 is 10.3 Å². The molecule has 2 aromatic carbocycles. The van der Waals surface area contributed by atoms with E-state index in [1.165, 1.54) is 6.07 Å². The lowest BCUT2D eigenvalue weighted by Crippen LogP contribution is -2.49. The van der Waals surface area contributed by atoms with Crippen LogP contribution in [0.4, 0.5) is 0 Å². The van der Waals surface area contributed by atoms with Crippen molar-refractivity contribution >= 4 is 28.3 Å². The van der Waals surface area contributed by atoms with Gasteiger partial charge in [-0.05, 0) is 48.9 Å². The number of aryl methyl sites for hydroxylation is 1. The number of rotatable bonds is 8. The zero-order chi connectivity index (χ0) is 25.9. The third-order valence-corrected chi connectivity index (χ3v) is 7.24. The minimum absolute atomic E-state index is 0.174. The third kappa shape index (κ3) is 5.36. The molecule has 8 nitrogen and oxygen atoms in total. The Kier molecular flexibility index (Phi) is 7.49. The maximum atomic E-state index is 12.8. The van der Waals surface area contributed by atoms with Gasteiger partial charge in [-0.15, -0.1) is 0 Å². The zero-order valence-corrected chi connectivity index (χ0v) is 21.6. The number of aliphatic hydroxyl groups is 1. The number of benzene rings is 2. The Bertz CT molecular complexity index is 1500. The largest absolute Gasteiger partial charge is 0.492 e. The Labute approximate surface area is 220 Å². The molecule has 1 atom stereocenters. The summed E-state index contributed by atoms with van der Waals surface area (Å²) in [4.78, 5) is 17.5. The molecule has 1 unspecified atom stereocenters. The first-order chi connectivity index (χ1) is 17.9. The van der Waals surface area contributed by atoms with Crippen molar-refractivity contribution < 1.29 is 9.84 Å². The first-order valence-electron chi connectivity index (χ1n) is 12.5. The number of hydrogen-bond donors (Lipinski definition) is 1. The Balaban J connectivity index is 1.22. The van der Waals surface area contributed by atoms with Gasteiger partial charge in [-0.25, -0.2) is 0 Å². The molecule has 2 aromatic heterocycles. The second kappa shape index (κ2) is 11.0. The molecule has 0 spiro atoms. The number of fused-ring (bicyclic) bond motifs is 3. The van der Waals surface area contributed by atoms with Crippen molar-refractivity contribution in [3.8, 4) is 11.8 Å². The Hall–Kier alpha value is -3.35. The lowest BCUT2D eigenvalue weighted by atomic mass is 10.1. The van der Waals surface area contributed by atoms with Crippen LogP contribution in [0, 0.1) is 18.3 Å². The number of pyridine rings is 1. The summed E-state index contributed by atoms with van der Waals surface area (Å²) >= 11 is 5.92. The maximum absolute atomic E-state index is 12.8. The van der Waals surface area contributed by atoms with Crippen molar-refractivity contribution in [2.45, 2.75) is 19.6 Å². The summed E-state index contributed by atoms with van der Waals surface area (Å²) in [6, 6.07) is 18.7. The van der Waals surface area contributed by atoms with Crippen molar-refractivity contribution in [1.82, 2.24) is 18.8 Å². The highest BCUT2D eigenvalue weighted by Crippen LogP contribution is 2.24. The SMILES string of the molecule is Cc1cc(=O)n2c3ccccc3n(CC(O)CN3CCN(CCOc4ccc(Cl)cc4)CC3)c2c1C#N. The number of halogens is 1. The van der Waals surface area contributed by atoms with Crippen molar-refractivity contribution in [3.63, 3.8) is 0 Å². The van der Waals surface area contributed by atoms with Crippen LogP contribution in [-0.2, 0) is 6.54 Å². The van der Waals surface area contributed by atoms with Gasteiger partial charge in [0.05, 0.1) is 29.2 Å². The van der Waals surface area contributed by atoms with E-state index in [0.29, 0.717) is 41.5 Å². The molecule has 0 bridgehead atoms. The fraction of sp³-hybridized carbons (Fsp3) is 0.357. The van der Waals surface area contributed by atoms with Crippen LogP contribution in [0.3, 0.4) is 0 Å². The molecule has 3 heterocycles.